The normalized spacial score (nSPS) is 14.2. The molecule has 5 nitrogen and oxygen atoms in total. The van der Waals surface area contributed by atoms with Crippen molar-refractivity contribution >= 4 is 20.2 Å². The molecule has 0 aliphatic carbocycles. The summed E-state index contributed by atoms with van der Waals surface area (Å²) in [7, 11) is -0.269. The fourth-order valence-corrected chi connectivity index (χ4v) is 5.31. The first kappa shape index (κ1) is 32.5. The highest BCUT2D eigenvalue weighted by molar-refractivity contribution is 6.74. The van der Waals surface area contributed by atoms with Gasteiger partial charge in [0.2, 0.25) is 0 Å². The summed E-state index contributed by atoms with van der Waals surface area (Å²) < 4.78 is 12.7. The molecule has 39 heavy (non-hydrogen) atoms. The number of benzene rings is 2. The van der Waals surface area contributed by atoms with Crippen LogP contribution in [-0.2, 0) is 9.16 Å². The average molecular weight is 552 g/mol. The van der Waals surface area contributed by atoms with Crippen LogP contribution < -0.4 is 0 Å². The first-order valence-corrected chi connectivity index (χ1v) is 17.0. The first-order valence-electron chi connectivity index (χ1n) is 14.1. The molecule has 1 amide bonds. The van der Waals surface area contributed by atoms with Gasteiger partial charge in [-0.25, -0.2) is 4.79 Å². The van der Waals surface area contributed by atoms with Crippen LogP contribution in [0.4, 0.5) is 4.79 Å². The van der Waals surface area contributed by atoms with Gasteiger partial charge in [0.15, 0.2) is 14.1 Å². The zero-order valence-corrected chi connectivity index (χ0v) is 26.5. The standard InChI is InChI=1S/C33H49NO4Si/c1-32(2,3)37-31(36)34(7)28(23-17-12-18-24-29(35)26-19-13-10-14-20-26)25-30(27-21-15-11-16-22-27)38-39(8,9)33(4,5)6/h10-11,13-16,18-22,24,28,30H,12,17,23,25H2,1-9H3/t28-,30+/m1/s1. The molecule has 6 heteroatoms. The van der Waals surface area contributed by atoms with Crippen molar-refractivity contribution in [1.29, 1.82) is 0 Å². The number of amides is 1. The molecular weight excluding hydrogens is 502 g/mol. The Kier molecular flexibility index (Phi) is 11.7. The van der Waals surface area contributed by atoms with Crippen LogP contribution in [0.3, 0.4) is 0 Å². The van der Waals surface area contributed by atoms with Crippen LogP contribution in [-0.4, -0.2) is 43.8 Å². The molecule has 0 N–H and O–H groups in total. The minimum atomic E-state index is -2.09. The van der Waals surface area contributed by atoms with Crippen molar-refractivity contribution in [3.8, 4) is 0 Å². The number of carbonyl (C=O) groups excluding carboxylic acids is 2. The number of rotatable bonds is 12. The molecule has 2 aromatic carbocycles. The van der Waals surface area contributed by atoms with Crippen molar-refractivity contribution in [3.63, 3.8) is 0 Å². The van der Waals surface area contributed by atoms with Crippen LogP contribution >= 0.6 is 0 Å². The second-order valence-electron chi connectivity index (χ2n) is 12.8. The lowest BCUT2D eigenvalue weighted by molar-refractivity contribution is 0.0159. The number of hydrogen-bond acceptors (Lipinski definition) is 4. The predicted octanol–water partition coefficient (Wildman–Crippen LogP) is 8.98. The van der Waals surface area contributed by atoms with Gasteiger partial charge in [-0.1, -0.05) is 87.5 Å². The van der Waals surface area contributed by atoms with E-state index in [1.165, 1.54) is 0 Å². The molecule has 0 fully saturated rings. The third kappa shape index (κ3) is 10.8. The Hall–Kier alpha value is -2.70. The maximum atomic E-state index is 13.1. The summed E-state index contributed by atoms with van der Waals surface area (Å²) in [6.07, 6.45) is 6.12. The number of ketones is 1. The Morgan fingerprint density at radius 1 is 0.923 bits per heavy atom. The third-order valence-electron chi connectivity index (χ3n) is 7.37. The Balaban J connectivity index is 2.22. The van der Waals surface area contributed by atoms with Crippen molar-refractivity contribution in [2.75, 3.05) is 7.05 Å². The molecule has 0 unspecified atom stereocenters. The van der Waals surface area contributed by atoms with E-state index in [9.17, 15) is 9.59 Å². The summed E-state index contributed by atoms with van der Waals surface area (Å²) in [5.41, 5.74) is 1.23. The molecule has 0 spiro atoms. The molecule has 2 aromatic rings. The van der Waals surface area contributed by atoms with Gasteiger partial charge in [-0.3, -0.25) is 4.79 Å². The van der Waals surface area contributed by atoms with Gasteiger partial charge in [-0.2, -0.15) is 0 Å². The summed E-state index contributed by atoms with van der Waals surface area (Å²) in [4.78, 5) is 27.3. The van der Waals surface area contributed by atoms with Crippen molar-refractivity contribution in [2.24, 2.45) is 0 Å². The van der Waals surface area contributed by atoms with Gasteiger partial charge in [-0.05, 0) is 76.2 Å². The van der Waals surface area contributed by atoms with Gasteiger partial charge in [-0.15, -0.1) is 0 Å². The molecule has 0 aliphatic heterocycles. The summed E-state index contributed by atoms with van der Waals surface area (Å²) >= 11 is 0. The lowest BCUT2D eigenvalue weighted by atomic mass is 9.97. The monoisotopic (exact) mass is 551 g/mol. The highest BCUT2D eigenvalue weighted by Crippen LogP contribution is 2.41. The average Bonchev–Trinajstić information content (AvgIpc) is 2.86. The SMILES string of the molecule is CN(C(=O)OC(C)(C)C)[C@H](CCCC=CC(=O)c1ccccc1)C[C@H](O[Si](C)(C)C(C)(C)C)c1ccccc1. The molecule has 0 aromatic heterocycles. The fourth-order valence-electron chi connectivity index (χ4n) is 4.01. The summed E-state index contributed by atoms with van der Waals surface area (Å²) in [5, 5.41) is 0.0582. The van der Waals surface area contributed by atoms with E-state index in [2.05, 4.69) is 46.0 Å². The summed E-state index contributed by atoms with van der Waals surface area (Å²) in [6.45, 7) is 16.9. The van der Waals surface area contributed by atoms with Crippen molar-refractivity contribution in [2.45, 2.75) is 103 Å². The van der Waals surface area contributed by atoms with Crippen molar-refractivity contribution < 1.29 is 18.8 Å². The van der Waals surface area contributed by atoms with Crippen LogP contribution in [0, 0.1) is 0 Å². The highest BCUT2D eigenvalue weighted by Gasteiger charge is 2.40. The molecule has 0 bridgehead atoms. The fraction of sp³-hybridized carbons (Fsp3) is 0.515. The van der Waals surface area contributed by atoms with E-state index < -0.39 is 13.9 Å². The van der Waals surface area contributed by atoms with E-state index in [1.807, 2.05) is 82.4 Å². The maximum absolute atomic E-state index is 13.1. The zero-order valence-electron chi connectivity index (χ0n) is 25.5. The Bertz CT molecular complexity index is 1070. The van der Waals surface area contributed by atoms with Crippen LogP contribution in [0.5, 0.6) is 0 Å². The molecule has 0 saturated heterocycles. The van der Waals surface area contributed by atoms with Gasteiger partial charge in [0.1, 0.15) is 5.60 Å². The Labute approximate surface area is 237 Å². The second kappa shape index (κ2) is 14.1. The number of carbonyl (C=O) groups is 2. The van der Waals surface area contributed by atoms with Crippen molar-refractivity contribution in [3.05, 3.63) is 83.9 Å². The summed E-state index contributed by atoms with van der Waals surface area (Å²) in [5.74, 6) is 0.00457. The molecule has 2 atom stereocenters. The number of hydrogen-bond donors (Lipinski definition) is 0. The predicted molar refractivity (Wildman–Crippen MR) is 164 cm³/mol. The quantitative estimate of drug-likeness (QED) is 0.114. The van der Waals surface area contributed by atoms with E-state index in [0.717, 1.165) is 24.8 Å². The smallest absolute Gasteiger partial charge is 0.410 e. The molecule has 214 valence electrons. The van der Waals surface area contributed by atoms with Gasteiger partial charge in [0.25, 0.3) is 0 Å². The van der Waals surface area contributed by atoms with Crippen LogP contribution in [0.1, 0.15) is 89.3 Å². The topological polar surface area (TPSA) is 55.8 Å². The van der Waals surface area contributed by atoms with Gasteiger partial charge in [0, 0.05) is 18.7 Å². The molecule has 0 heterocycles. The van der Waals surface area contributed by atoms with E-state index in [-0.39, 0.29) is 29.1 Å². The minimum Gasteiger partial charge on any atom is -0.444 e. The van der Waals surface area contributed by atoms with Crippen LogP contribution in [0.25, 0.3) is 0 Å². The number of nitrogens with zero attached hydrogens (tertiary/aromatic N) is 1. The second-order valence-corrected chi connectivity index (χ2v) is 17.6. The molecular formula is C33H49NO4Si. The van der Waals surface area contributed by atoms with Crippen molar-refractivity contribution in [1.82, 2.24) is 4.90 Å². The zero-order chi connectivity index (χ0) is 29.3. The van der Waals surface area contributed by atoms with Gasteiger partial charge in [0.05, 0.1) is 6.10 Å². The maximum Gasteiger partial charge on any atom is 0.410 e. The minimum absolute atomic E-state index is 0.00457. The Morgan fingerprint density at radius 2 is 1.49 bits per heavy atom. The summed E-state index contributed by atoms with van der Waals surface area (Å²) in [6, 6.07) is 19.5. The highest BCUT2D eigenvalue weighted by atomic mass is 28.4. The molecule has 0 aliphatic rings. The third-order valence-corrected chi connectivity index (χ3v) is 11.9. The molecule has 2 rings (SSSR count). The largest absolute Gasteiger partial charge is 0.444 e. The lowest BCUT2D eigenvalue weighted by Gasteiger charge is -2.41. The number of ether oxygens (including phenoxy) is 1. The number of unbranched alkanes of at least 4 members (excludes halogenated alkanes) is 1. The molecule has 0 saturated carbocycles. The van der Waals surface area contributed by atoms with Gasteiger partial charge >= 0.3 is 6.09 Å². The van der Waals surface area contributed by atoms with E-state index in [0.29, 0.717) is 12.0 Å². The van der Waals surface area contributed by atoms with E-state index >= 15 is 0 Å². The van der Waals surface area contributed by atoms with Gasteiger partial charge < -0.3 is 14.1 Å². The first-order chi connectivity index (χ1) is 18.1. The van der Waals surface area contributed by atoms with Crippen LogP contribution in [0.2, 0.25) is 18.1 Å². The number of allylic oxidation sites excluding steroid dienone is 2. The Morgan fingerprint density at radius 3 is 2.03 bits per heavy atom. The lowest BCUT2D eigenvalue weighted by Crippen LogP contribution is -2.45. The van der Waals surface area contributed by atoms with E-state index in [1.54, 1.807) is 11.0 Å². The molecule has 0 radical (unpaired) electrons. The van der Waals surface area contributed by atoms with Crippen LogP contribution in [0.15, 0.2) is 72.8 Å². The van der Waals surface area contributed by atoms with E-state index in [4.69, 9.17) is 9.16 Å².